The summed E-state index contributed by atoms with van der Waals surface area (Å²) in [5.74, 6) is 0.0614. The van der Waals surface area contributed by atoms with Crippen LogP contribution in [0.2, 0.25) is 5.15 Å². The first-order chi connectivity index (χ1) is 13.8. The molecule has 0 atom stereocenters. The van der Waals surface area contributed by atoms with Crippen molar-refractivity contribution in [2.75, 3.05) is 6.54 Å². The summed E-state index contributed by atoms with van der Waals surface area (Å²) < 4.78 is 1.84. The first kappa shape index (κ1) is 19.6. The average Bonchev–Trinajstić information content (AvgIpc) is 3.10. The second-order valence-corrected chi connectivity index (χ2v) is 8.21. The molecule has 1 N–H and O–H groups in total. The molecule has 2 fully saturated rings. The number of aryl methyl sites for hydroxylation is 1. The van der Waals surface area contributed by atoms with E-state index in [1.165, 1.54) is 0 Å². The molecule has 2 aliphatic rings. The number of rotatable bonds is 4. The minimum absolute atomic E-state index is 0.264. The predicted octanol–water partition coefficient (Wildman–Crippen LogP) is 3.58. The molecular formula is C21H23ClN4O3. The summed E-state index contributed by atoms with van der Waals surface area (Å²) >= 11 is 6.01. The summed E-state index contributed by atoms with van der Waals surface area (Å²) in [6, 6.07) is 6.57. The molecule has 2 aromatic rings. The van der Waals surface area contributed by atoms with Gasteiger partial charge in [0.1, 0.15) is 16.5 Å². The fourth-order valence-corrected chi connectivity index (χ4v) is 4.62. The van der Waals surface area contributed by atoms with Gasteiger partial charge in [0.05, 0.1) is 6.54 Å². The highest BCUT2D eigenvalue weighted by molar-refractivity contribution is 6.29. The number of urea groups is 1. The van der Waals surface area contributed by atoms with Gasteiger partial charge in [-0.25, -0.2) is 9.78 Å². The van der Waals surface area contributed by atoms with Gasteiger partial charge in [-0.1, -0.05) is 36.9 Å². The van der Waals surface area contributed by atoms with E-state index in [0.29, 0.717) is 35.1 Å². The van der Waals surface area contributed by atoms with Crippen LogP contribution in [-0.4, -0.2) is 44.3 Å². The van der Waals surface area contributed by atoms with Crippen molar-refractivity contribution in [1.29, 1.82) is 0 Å². The number of carbonyl (C=O) groups is 3. The topological polar surface area (TPSA) is 84.3 Å². The molecule has 8 heteroatoms. The fraction of sp³-hybridized carbons (Fsp3) is 0.429. The van der Waals surface area contributed by atoms with Crippen molar-refractivity contribution >= 4 is 29.3 Å². The summed E-state index contributed by atoms with van der Waals surface area (Å²) in [7, 11) is 0. The molecule has 3 amide bonds. The Bertz CT molecular complexity index is 1010. The molecular weight excluding hydrogens is 392 g/mol. The Balaban J connectivity index is 1.59. The maximum atomic E-state index is 13.0. The number of nitrogens with zero attached hydrogens (tertiary/aromatic N) is 3. The number of carbonyl (C=O) groups excluding carboxylic acids is 3. The van der Waals surface area contributed by atoms with E-state index >= 15 is 0 Å². The number of ketones is 1. The van der Waals surface area contributed by atoms with E-state index in [2.05, 4.69) is 10.3 Å². The zero-order valence-electron chi connectivity index (χ0n) is 16.5. The molecule has 7 nitrogen and oxygen atoms in total. The van der Waals surface area contributed by atoms with Crippen molar-refractivity contribution in [2.45, 2.75) is 51.5 Å². The summed E-state index contributed by atoms with van der Waals surface area (Å²) in [5.41, 5.74) is 1.16. The van der Waals surface area contributed by atoms with E-state index in [1.807, 2.05) is 24.5 Å². The highest BCUT2D eigenvalue weighted by Gasteiger charge is 2.51. The third kappa shape index (κ3) is 3.33. The van der Waals surface area contributed by atoms with E-state index < -0.39 is 11.6 Å². The Kier molecular flexibility index (Phi) is 4.94. The van der Waals surface area contributed by atoms with Gasteiger partial charge in [0.25, 0.3) is 5.91 Å². The van der Waals surface area contributed by atoms with Crippen molar-refractivity contribution in [2.24, 2.45) is 0 Å². The van der Waals surface area contributed by atoms with Gasteiger partial charge in [0.15, 0.2) is 5.78 Å². The molecule has 0 unspecified atom stereocenters. The van der Waals surface area contributed by atoms with Gasteiger partial charge in [0, 0.05) is 17.0 Å². The lowest BCUT2D eigenvalue weighted by molar-refractivity contribution is -0.132. The van der Waals surface area contributed by atoms with Crippen molar-refractivity contribution in [3.05, 3.63) is 46.4 Å². The molecule has 0 radical (unpaired) electrons. The third-order valence-electron chi connectivity index (χ3n) is 5.92. The summed E-state index contributed by atoms with van der Waals surface area (Å²) in [4.78, 5) is 43.8. The maximum Gasteiger partial charge on any atom is 0.325 e. The van der Waals surface area contributed by atoms with Gasteiger partial charge in [-0.3, -0.25) is 14.5 Å². The fourth-order valence-electron chi connectivity index (χ4n) is 4.46. The van der Waals surface area contributed by atoms with Gasteiger partial charge in [-0.05, 0) is 44.9 Å². The van der Waals surface area contributed by atoms with Crippen LogP contribution in [0, 0.1) is 13.8 Å². The molecule has 3 heterocycles. The Morgan fingerprint density at radius 3 is 2.62 bits per heavy atom. The second kappa shape index (κ2) is 7.30. The van der Waals surface area contributed by atoms with Crippen LogP contribution in [-0.2, 0) is 4.79 Å². The Morgan fingerprint density at radius 2 is 1.93 bits per heavy atom. The van der Waals surface area contributed by atoms with Gasteiger partial charge in [0.2, 0.25) is 0 Å². The monoisotopic (exact) mass is 414 g/mol. The van der Waals surface area contributed by atoms with E-state index in [-0.39, 0.29) is 18.2 Å². The molecule has 1 spiro atoms. The van der Waals surface area contributed by atoms with Crippen molar-refractivity contribution < 1.29 is 14.4 Å². The largest absolute Gasteiger partial charge is 0.325 e. The predicted molar refractivity (Wildman–Crippen MR) is 108 cm³/mol. The molecule has 2 aromatic heterocycles. The second-order valence-electron chi connectivity index (χ2n) is 7.83. The van der Waals surface area contributed by atoms with E-state index in [4.69, 9.17) is 11.6 Å². The van der Waals surface area contributed by atoms with E-state index in [9.17, 15) is 14.4 Å². The molecule has 1 saturated heterocycles. The number of nitrogens with one attached hydrogen (secondary N) is 1. The zero-order chi connectivity index (χ0) is 20.8. The zero-order valence-corrected chi connectivity index (χ0v) is 17.3. The number of amides is 3. The summed E-state index contributed by atoms with van der Waals surface area (Å²) in [6.07, 6.45) is 4.14. The number of aromatic nitrogens is 2. The smallest absolute Gasteiger partial charge is 0.323 e. The van der Waals surface area contributed by atoms with Crippen LogP contribution in [0.3, 0.4) is 0 Å². The molecule has 4 rings (SSSR count). The molecule has 1 saturated carbocycles. The number of imide groups is 1. The van der Waals surface area contributed by atoms with Crippen molar-refractivity contribution in [3.8, 4) is 5.82 Å². The number of Topliss-reactive ketones (excluding diaryl/α,β-unsaturated/α-hetero) is 1. The standard InChI is InChI=1S/C21H23ClN4O3/c1-13-11-15(14(2)26(13)18-8-6-7-17(22)23-18)16(27)12-25-19(28)21(24-20(25)29)9-4-3-5-10-21/h6-8,11H,3-5,9-10,12H2,1-2H3,(H,24,29). The third-order valence-corrected chi connectivity index (χ3v) is 6.13. The average molecular weight is 415 g/mol. The minimum atomic E-state index is -0.822. The first-order valence-corrected chi connectivity index (χ1v) is 10.2. The Morgan fingerprint density at radius 1 is 1.21 bits per heavy atom. The minimum Gasteiger partial charge on any atom is -0.323 e. The highest BCUT2D eigenvalue weighted by Crippen LogP contribution is 2.34. The maximum absolute atomic E-state index is 13.0. The first-order valence-electron chi connectivity index (χ1n) is 9.81. The quantitative estimate of drug-likeness (QED) is 0.470. The van der Waals surface area contributed by atoms with Crippen LogP contribution >= 0.6 is 11.6 Å². The number of hydrogen-bond acceptors (Lipinski definition) is 4. The van der Waals surface area contributed by atoms with Gasteiger partial charge in [-0.15, -0.1) is 0 Å². The van der Waals surface area contributed by atoms with Gasteiger partial charge < -0.3 is 9.88 Å². The van der Waals surface area contributed by atoms with Gasteiger partial charge >= 0.3 is 6.03 Å². The van der Waals surface area contributed by atoms with Crippen LogP contribution in [0.5, 0.6) is 0 Å². The Labute approximate surface area is 174 Å². The number of hydrogen-bond donors (Lipinski definition) is 1. The molecule has 152 valence electrons. The van der Waals surface area contributed by atoms with Crippen molar-refractivity contribution in [1.82, 2.24) is 19.8 Å². The molecule has 29 heavy (non-hydrogen) atoms. The van der Waals surface area contributed by atoms with Crippen LogP contribution in [0.4, 0.5) is 4.79 Å². The molecule has 1 aliphatic heterocycles. The van der Waals surface area contributed by atoms with Crippen molar-refractivity contribution in [3.63, 3.8) is 0 Å². The summed E-state index contributed by atoms with van der Waals surface area (Å²) in [6.45, 7) is 3.42. The lowest BCUT2D eigenvalue weighted by Crippen LogP contribution is -2.48. The van der Waals surface area contributed by atoms with Crippen LogP contribution in [0.15, 0.2) is 24.3 Å². The normalized spacial score (nSPS) is 18.4. The van der Waals surface area contributed by atoms with Gasteiger partial charge in [-0.2, -0.15) is 0 Å². The molecule has 0 aromatic carbocycles. The van der Waals surface area contributed by atoms with Crippen LogP contribution < -0.4 is 5.32 Å². The Hall–Kier alpha value is -2.67. The SMILES string of the molecule is Cc1cc(C(=O)CN2C(=O)NC3(CCCCC3)C2=O)c(C)n1-c1cccc(Cl)n1. The summed E-state index contributed by atoms with van der Waals surface area (Å²) in [5, 5.41) is 3.21. The molecule has 1 aliphatic carbocycles. The van der Waals surface area contributed by atoms with E-state index in [1.54, 1.807) is 18.2 Å². The molecule has 0 bridgehead atoms. The van der Waals surface area contributed by atoms with Crippen LogP contribution in [0.1, 0.15) is 53.8 Å². The van der Waals surface area contributed by atoms with E-state index in [0.717, 1.165) is 29.9 Å². The lowest BCUT2D eigenvalue weighted by atomic mass is 9.82. The number of halogens is 1. The number of pyridine rings is 1. The lowest BCUT2D eigenvalue weighted by Gasteiger charge is -2.30. The van der Waals surface area contributed by atoms with Crippen LogP contribution in [0.25, 0.3) is 5.82 Å². The highest BCUT2D eigenvalue weighted by atomic mass is 35.5.